The van der Waals surface area contributed by atoms with Gasteiger partial charge >= 0.3 is 0 Å². The van der Waals surface area contributed by atoms with E-state index in [1.54, 1.807) is 12.1 Å². The average molecular weight is 379 g/mol. The van der Waals surface area contributed by atoms with E-state index in [0.717, 1.165) is 37.7 Å². The Balaban J connectivity index is 1.76. The van der Waals surface area contributed by atoms with Gasteiger partial charge in [0.05, 0.1) is 10.8 Å². The first-order chi connectivity index (χ1) is 12.3. The van der Waals surface area contributed by atoms with Crippen molar-refractivity contribution < 1.29 is 13.2 Å². The van der Waals surface area contributed by atoms with Crippen LogP contribution in [0.2, 0.25) is 0 Å². The number of carbonyl (C=O) groups is 1. The van der Waals surface area contributed by atoms with Crippen LogP contribution in [0.15, 0.2) is 29.2 Å². The maximum atomic E-state index is 13.1. The fourth-order valence-corrected chi connectivity index (χ4v) is 5.81. The molecule has 2 aliphatic rings. The van der Waals surface area contributed by atoms with E-state index in [1.165, 1.54) is 4.31 Å². The van der Waals surface area contributed by atoms with Gasteiger partial charge in [0, 0.05) is 25.2 Å². The molecule has 2 saturated heterocycles. The van der Waals surface area contributed by atoms with E-state index in [-0.39, 0.29) is 23.9 Å². The van der Waals surface area contributed by atoms with Crippen LogP contribution < -0.4 is 0 Å². The predicted octanol–water partition coefficient (Wildman–Crippen LogP) is 3.19. The fourth-order valence-electron chi connectivity index (χ4n) is 4.29. The summed E-state index contributed by atoms with van der Waals surface area (Å²) in [5, 5.41) is 0. The lowest BCUT2D eigenvalue weighted by molar-refractivity contribution is -0.143. The Morgan fingerprint density at radius 2 is 1.62 bits per heavy atom. The standard InChI is InChI=1S/C20H30N2O3S/c1-15-9-11-19(12-10-15)26(24,25)21-13-5-8-18(14-21)20(23)22-16(2)6-4-7-17(22)3/h9-12,16-18H,4-8,13-14H2,1-3H3. The number of rotatable bonds is 3. The third kappa shape index (κ3) is 3.81. The molecule has 0 aliphatic carbocycles. The second kappa shape index (κ2) is 7.69. The van der Waals surface area contributed by atoms with Gasteiger partial charge in [0.15, 0.2) is 0 Å². The number of benzene rings is 1. The number of nitrogens with zero attached hydrogens (tertiary/aromatic N) is 2. The molecule has 3 unspecified atom stereocenters. The zero-order valence-corrected chi connectivity index (χ0v) is 16.8. The van der Waals surface area contributed by atoms with E-state index < -0.39 is 10.0 Å². The molecule has 0 spiro atoms. The number of hydrogen-bond donors (Lipinski definition) is 0. The van der Waals surface area contributed by atoms with E-state index in [2.05, 4.69) is 13.8 Å². The van der Waals surface area contributed by atoms with Crippen LogP contribution in [0.3, 0.4) is 0 Å². The number of carbonyl (C=O) groups excluding carboxylic acids is 1. The van der Waals surface area contributed by atoms with Crippen LogP contribution in [0.25, 0.3) is 0 Å². The highest BCUT2D eigenvalue weighted by Crippen LogP contribution is 2.29. The highest BCUT2D eigenvalue weighted by molar-refractivity contribution is 7.89. The van der Waals surface area contributed by atoms with Crippen LogP contribution in [-0.4, -0.2) is 48.7 Å². The molecular formula is C20H30N2O3S. The quantitative estimate of drug-likeness (QED) is 0.812. The van der Waals surface area contributed by atoms with Crippen LogP contribution >= 0.6 is 0 Å². The third-order valence-corrected chi connectivity index (χ3v) is 7.72. The van der Waals surface area contributed by atoms with Crippen LogP contribution in [0.4, 0.5) is 0 Å². The maximum absolute atomic E-state index is 13.1. The van der Waals surface area contributed by atoms with Crippen LogP contribution in [0.1, 0.15) is 51.5 Å². The van der Waals surface area contributed by atoms with Gasteiger partial charge in [0.25, 0.3) is 0 Å². The average Bonchev–Trinajstić information content (AvgIpc) is 2.62. The molecular weight excluding hydrogens is 348 g/mol. The zero-order chi connectivity index (χ0) is 18.9. The fraction of sp³-hybridized carbons (Fsp3) is 0.650. The van der Waals surface area contributed by atoms with Crippen molar-refractivity contribution in [1.29, 1.82) is 0 Å². The molecule has 1 aromatic carbocycles. The van der Waals surface area contributed by atoms with Crippen LogP contribution in [0.5, 0.6) is 0 Å². The molecule has 26 heavy (non-hydrogen) atoms. The van der Waals surface area contributed by atoms with Gasteiger partial charge in [0.2, 0.25) is 15.9 Å². The van der Waals surface area contributed by atoms with E-state index in [1.807, 2.05) is 24.0 Å². The number of likely N-dealkylation sites (tertiary alicyclic amines) is 1. The normalized spacial score (nSPS) is 28.1. The van der Waals surface area contributed by atoms with Crippen molar-refractivity contribution >= 4 is 15.9 Å². The molecule has 5 nitrogen and oxygen atoms in total. The number of sulfonamides is 1. The number of hydrogen-bond acceptors (Lipinski definition) is 3. The lowest BCUT2D eigenvalue weighted by Gasteiger charge is -2.42. The molecule has 2 fully saturated rings. The van der Waals surface area contributed by atoms with Crippen molar-refractivity contribution in [2.24, 2.45) is 5.92 Å². The molecule has 1 amide bonds. The lowest BCUT2D eigenvalue weighted by atomic mass is 9.92. The molecule has 3 rings (SSSR count). The van der Waals surface area contributed by atoms with Gasteiger partial charge in [-0.1, -0.05) is 17.7 Å². The van der Waals surface area contributed by atoms with E-state index in [4.69, 9.17) is 0 Å². The minimum atomic E-state index is -3.54. The number of piperidine rings is 2. The third-order valence-electron chi connectivity index (χ3n) is 5.84. The second-order valence-electron chi connectivity index (χ2n) is 7.89. The molecule has 0 bridgehead atoms. The Morgan fingerprint density at radius 1 is 1.00 bits per heavy atom. The first-order valence-electron chi connectivity index (χ1n) is 9.69. The van der Waals surface area contributed by atoms with Gasteiger partial charge in [-0.05, 0) is 65.0 Å². The number of aryl methyl sites for hydroxylation is 1. The Kier molecular flexibility index (Phi) is 5.72. The minimum Gasteiger partial charge on any atom is -0.337 e. The first kappa shape index (κ1) is 19.4. The van der Waals surface area contributed by atoms with Crippen molar-refractivity contribution in [1.82, 2.24) is 9.21 Å². The van der Waals surface area contributed by atoms with Crippen molar-refractivity contribution in [3.05, 3.63) is 29.8 Å². The summed E-state index contributed by atoms with van der Waals surface area (Å²) in [7, 11) is -3.54. The second-order valence-corrected chi connectivity index (χ2v) is 9.83. The molecule has 3 atom stereocenters. The predicted molar refractivity (Wildman–Crippen MR) is 102 cm³/mol. The molecule has 0 radical (unpaired) electrons. The van der Waals surface area contributed by atoms with E-state index in [9.17, 15) is 13.2 Å². The molecule has 0 saturated carbocycles. The highest BCUT2D eigenvalue weighted by atomic mass is 32.2. The highest BCUT2D eigenvalue weighted by Gasteiger charge is 2.38. The molecule has 2 aliphatic heterocycles. The summed E-state index contributed by atoms with van der Waals surface area (Å²) in [6.07, 6.45) is 4.74. The van der Waals surface area contributed by atoms with Gasteiger partial charge < -0.3 is 4.90 Å². The van der Waals surface area contributed by atoms with Crippen LogP contribution in [0, 0.1) is 12.8 Å². The first-order valence-corrected chi connectivity index (χ1v) is 11.1. The molecule has 0 N–H and O–H groups in total. The Bertz CT molecular complexity index is 735. The topological polar surface area (TPSA) is 57.7 Å². The summed E-state index contributed by atoms with van der Waals surface area (Å²) >= 11 is 0. The van der Waals surface area contributed by atoms with Crippen LogP contribution in [-0.2, 0) is 14.8 Å². The summed E-state index contributed by atoms with van der Waals surface area (Å²) in [6.45, 7) is 6.94. The summed E-state index contributed by atoms with van der Waals surface area (Å²) in [5.74, 6) is -0.0968. The lowest BCUT2D eigenvalue weighted by Crippen LogP contribution is -2.53. The maximum Gasteiger partial charge on any atom is 0.243 e. The minimum absolute atomic E-state index is 0.133. The zero-order valence-electron chi connectivity index (χ0n) is 16.0. The van der Waals surface area contributed by atoms with Gasteiger partial charge in [-0.3, -0.25) is 4.79 Å². The SMILES string of the molecule is Cc1ccc(S(=O)(=O)N2CCCC(C(=O)N3C(C)CCCC3C)C2)cc1. The largest absolute Gasteiger partial charge is 0.337 e. The van der Waals surface area contributed by atoms with Crippen molar-refractivity contribution in [3.8, 4) is 0 Å². The molecule has 2 heterocycles. The Morgan fingerprint density at radius 3 is 2.23 bits per heavy atom. The Labute approximate surface area is 157 Å². The van der Waals surface area contributed by atoms with Crippen molar-refractivity contribution in [3.63, 3.8) is 0 Å². The summed E-state index contributed by atoms with van der Waals surface area (Å²) in [5.41, 5.74) is 1.03. The molecule has 6 heteroatoms. The van der Waals surface area contributed by atoms with E-state index in [0.29, 0.717) is 18.0 Å². The van der Waals surface area contributed by atoms with E-state index >= 15 is 0 Å². The van der Waals surface area contributed by atoms with Crippen molar-refractivity contribution in [2.75, 3.05) is 13.1 Å². The summed E-state index contributed by atoms with van der Waals surface area (Å²) in [4.78, 5) is 15.5. The van der Waals surface area contributed by atoms with Crippen molar-refractivity contribution in [2.45, 2.75) is 69.9 Å². The monoisotopic (exact) mass is 378 g/mol. The molecule has 144 valence electrons. The molecule has 0 aromatic heterocycles. The van der Waals surface area contributed by atoms with Gasteiger partial charge in [0.1, 0.15) is 0 Å². The molecule has 1 aromatic rings. The smallest absolute Gasteiger partial charge is 0.243 e. The summed E-state index contributed by atoms with van der Waals surface area (Å²) in [6, 6.07) is 7.44. The van der Waals surface area contributed by atoms with Gasteiger partial charge in [-0.15, -0.1) is 0 Å². The van der Waals surface area contributed by atoms with Gasteiger partial charge in [-0.2, -0.15) is 4.31 Å². The summed E-state index contributed by atoms with van der Waals surface area (Å²) < 4.78 is 27.4. The Hall–Kier alpha value is -1.40. The number of amides is 1. The van der Waals surface area contributed by atoms with Gasteiger partial charge in [-0.25, -0.2) is 8.42 Å².